The molecular formula is C15H13ClN2O3. The van der Waals surface area contributed by atoms with Crippen LogP contribution in [0.15, 0.2) is 42.5 Å². The number of nitrogens with one attached hydrogen (secondary N) is 1. The molecule has 0 saturated heterocycles. The lowest BCUT2D eigenvalue weighted by atomic mass is 10.1. The Morgan fingerprint density at radius 3 is 2.48 bits per heavy atom. The van der Waals surface area contributed by atoms with Crippen molar-refractivity contribution in [2.45, 2.75) is 13.3 Å². The molecule has 0 aliphatic heterocycles. The Bertz CT molecular complexity index is 684. The maximum absolute atomic E-state index is 12.1. The minimum Gasteiger partial charge on any atom is -0.322 e. The van der Waals surface area contributed by atoms with Crippen LogP contribution in [0.1, 0.15) is 22.8 Å². The van der Waals surface area contributed by atoms with Crippen LogP contribution in [0.4, 0.5) is 11.4 Å². The van der Waals surface area contributed by atoms with E-state index in [0.29, 0.717) is 5.69 Å². The summed E-state index contributed by atoms with van der Waals surface area (Å²) in [6.07, 6.45) is 0.908. The van der Waals surface area contributed by atoms with Crippen molar-refractivity contribution in [3.05, 3.63) is 68.7 Å². The van der Waals surface area contributed by atoms with Gasteiger partial charge in [0.2, 0.25) is 0 Å². The summed E-state index contributed by atoms with van der Waals surface area (Å²) in [5.74, 6) is -0.479. The molecule has 0 aromatic heterocycles. The van der Waals surface area contributed by atoms with Crippen LogP contribution in [0, 0.1) is 10.1 Å². The van der Waals surface area contributed by atoms with Crippen molar-refractivity contribution in [1.82, 2.24) is 0 Å². The molecule has 0 aliphatic carbocycles. The summed E-state index contributed by atoms with van der Waals surface area (Å²) in [5, 5.41) is 13.3. The third kappa shape index (κ3) is 3.38. The number of halogens is 1. The summed E-state index contributed by atoms with van der Waals surface area (Å²) in [6, 6.07) is 11.5. The highest BCUT2D eigenvalue weighted by atomic mass is 35.5. The van der Waals surface area contributed by atoms with E-state index in [-0.39, 0.29) is 16.3 Å². The zero-order chi connectivity index (χ0) is 15.4. The number of anilines is 1. The van der Waals surface area contributed by atoms with Crippen molar-refractivity contribution >= 4 is 28.9 Å². The summed E-state index contributed by atoms with van der Waals surface area (Å²) >= 11 is 5.91. The van der Waals surface area contributed by atoms with Gasteiger partial charge in [0.25, 0.3) is 11.6 Å². The molecule has 0 saturated carbocycles. The first-order valence-corrected chi connectivity index (χ1v) is 6.74. The van der Waals surface area contributed by atoms with Gasteiger partial charge in [-0.2, -0.15) is 0 Å². The number of aryl methyl sites for hydroxylation is 1. The molecule has 1 amide bonds. The normalized spacial score (nSPS) is 10.2. The van der Waals surface area contributed by atoms with Gasteiger partial charge >= 0.3 is 0 Å². The summed E-state index contributed by atoms with van der Waals surface area (Å²) in [4.78, 5) is 22.3. The minimum atomic E-state index is -0.616. The lowest BCUT2D eigenvalue weighted by Crippen LogP contribution is -2.13. The number of hydrogen-bond acceptors (Lipinski definition) is 3. The van der Waals surface area contributed by atoms with Crippen molar-refractivity contribution in [2.75, 3.05) is 5.32 Å². The van der Waals surface area contributed by atoms with Crippen LogP contribution in [0.2, 0.25) is 5.02 Å². The van der Waals surface area contributed by atoms with Crippen LogP contribution in [0.25, 0.3) is 0 Å². The summed E-state index contributed by atoms with van der Waals surface area (Å²) in [5.41, 5.74) is 1.55. The molecule has 1 N–H and O–H groups in total. The van der Waals surface area contributed by atoms with E-state index < -0.39 is 10.8 Å². The fraction of sp³-hybridized carbons (Fsp3) is 0.133. The first kappa shape index (κ1) is 15.0. The van der Waals surface area contributed by atoms with Gasteiger partial charge in [-0.1, -0.05) is 36.7 Å². The van der Waals surface area contributed by atoms with Crippen molar-refractivity contribution in [1.29, 1.82) is 0 Å². The number of carbonyl (C=O) groups excluding carboxylic acids is 1. The molecule has 108 valence electrons. The van der Waals surface area contributed by atoms with Crippen molar-refractivity contribution in [3.63, 3.8) is 0 Å². The van der Waals surface area contributed by atoms with E-state index in [2.05, 4.69) is 5.32 Å². The zero-order valence-corrected chi connectivity index (χ0v) is 12.1. The third-order valence-corrected chi connectivity index (χ3v) is 3.44. The highest BCUT2D eigenvalue weighted by Gasteiger charge is 2.19. The minimum absolute atomic E-state index is 0.0745. The van der Waals surface area contributed by atoms with Gasteiger partial charge in [0, 0.05) is 11.8 Å². The molecule has 2 rings (SSSR count). The Morgan fingerprint density at radius 1 is 1.24 bits per heavy atom. The first-order chi connectivity index (χ1) is 10.0. The lowest BCUT2D eigenvalue weighted by Gasteiger charge is -2.07. The number of benzene rings is 2. The molecule has 21 heavy (non-hydrogen) atoms. The number of rotatable bonds is 4. The Labute approximate surface area is 126 Å². The highest BCUT2D eigenvalue weighted by molar-refractivity contribution is 6.36. The Balaban J connectivity index is 2.24. The molecule has 2 aromatic rings. The topological polar surface area (TPSA) is 72.2 Å². The number of nitro benzene ring substituents is 1. The molecule has 0 radical (unpaired) electrons. The zero-order valence-electron chi connectivity index (χ0n) is 11.3. The summed E-state index contributed by atoms with van der Waals surface area (Å²) in [7, 11) is 0. The van der Waals surface area contributed by atoms with Crippen molar-refractivity contribution in [2.24, 2.45) is 0 Å². The molecule has 2 aromatic carbocycles. The molecule has 0 bridgehead atoms. The fourth-order valence-corrected chi connectivity index (χ4v) is 2.14. The molecular weight excluding hydrogens is 292 g/mol. The van der Waals surface area contributed by atoms with E-state index >= 15 is 0 Å². The van der Waals surface area contributed by atoms with Crippen LogP contribution >= 0.6 is 11.6 Å². The van der Waals surface area contributed by atoms with E-state index in [1.807, 2.05) is 19.1 Å². The molecule has 0 heterocycles. The maximum Gasteiger partial charge on any atom is 0.288 e. The predicted molar refractivity (Wildman–Crippen MR) is 81.9 cm³/mol. The van der Waals surface area contributed by atoms with Crippen LogP contribution in [0.5, 0.6) is 0 Å². The number of hydrogen-bond donors (Lipinski definition) is 1. The molecule has 6 heteroatoms. The van der Waals surface area contributed by atoms with Gasteiger partial charge in [-0.25, -0.2) is 0 Å². The Morgan fingerprint density at radius 2 is 1.90 bits per heavy atom. The van der Waals surface area contributed by atoms with Crippen molar-refractivity contribution in [3.8, 4) is 0 Å². The van der Waals surface area contributed by atoms with E-state index in [4.69, 9.17) is 11.6 Å². The maximum atomic E-state index is 12.1. The molecule has 5 nitrogen and oxygen atoms in total. The van der Waals surface area contributed by atoms with E-state index in [1.165, 1.54) is 18.2 Å². The lowest BCUT2D eigenvalue weighted by molar-refractivity contribution is -0.384. The standard InChI is InChI=1S/C15H13ClN2O3/c1-2-10-6-8-11(9-7-10)17-15(19)12-4-3-5-13(14(12)16)18(20)21/h3-9H,2H2,1H3,(H,17,19). The first-order valence-electron chi connectivity index (χ1n) is 6.36. The predicted octanol–water partition coefficient (Wildman–Crippen LogP) is 4.06. The van der Waals surface area contributed by atoms with Crippen LogP contribution in [-0.2, 0) is 6.42 Å². The Kier molecular flexibility index (Phi) is 4.55. The Hall–Kier alpha value is -2.40. The summed E-state index contributed by atoms with van der Waals surface area (Å²) in [6.45, 7) is 2.04. The number of nitrogens with zero attached hydrogens (tertiary/aromatic N) is 1. The SMILES string of the molecule is CCc1ccc(NC(=O)c2cccc([N+](=O)[O-])c2Cl)cc1. The van der Waals surface area contributed by atoms with Crippen molar-refractivity contribution < 1.29 is 9.72 Å². The van der Waals surface area contributed by atoms with Gasteiger partial charge in [-0.05, 0) is 30.2 Å². The monoisotopic (exact) mass is 304 g/mol. The van der Waals surface area contributed by atoms with E-state index in [9.17, 15) is 14.9 Å². The number of amides is 1. The molecule has 0 spiro atoms. The van der Waals surface area contributed by atoms with Crippen LogP contribution in [0.3, 0.4) is 0 Å². The van der Waals surface area contributed by atoms with Gasteiger partial charge in [-0.3, -0.25) is 14.9 Å². The quantitative estimate of drug-likeness (QED) is 0.683. The van der Waals surface area contributed by atoms with E-state index in [0.717, 1.165) is 12.0 Å². The molecule has 0 unspecified atom stereocenters. The highest BCUT2D eigenvalue weighted by Crippen LogP contribution is 2.28. The fourth-order valence-electron chi connectivity index (χ4n) is 1.86. The average molecular weight is 305 g/mol. The largest absolute Gasteiger partial charge is 0.322 e. The van der Waals surface area contributed by atoms with Gasteiger partial charge in [0.15, 0.2) is 0 Å². The second-order valence-electron chi connectivity index (χ2n) is 4.40. The van der Waals surface area contributed by atoms with Crippen LogP contribution < -0.4 is 5.32 Å². The van der Waals surface area contributed by atoms with Crippen LogP contribution in [-0.4, -0.2) is 10.8 Å². The third-order valence-electron chi connectivity index (χ3n) is 3.04. The van der Waals surface area contributed by atoms with Gasteiger partial charge in [0.05, 0.1) is 10.5 Å². The van der Waals surface area contributed by atoms with Gasteiger partial charge < -0.3 is 5.32 Å². The van der Waals surface area contributed by atoms with E-state index in [1.54, 1.807) is 12.1 Å². The average Bonchev–Trinajstić information content (AvgIpc) is 2.47. The van der Waals surface area contributed by atoms with Gasteiger partial charge in [-0.15, -0.1) is 0 Å². The smallest absolute Gasteiger partial charge is 0.288 e. The molecule has 0 aliphatic rings. The summed E-state index contributed by atoms with van der Waals surface area (Å²) < 4.78 is 0. The molecule has 0 atom stereocenters. The van der Waals surface area contributed by atoms with Gasteiger partial charge in [0.1, 0.15) is 5.02 Å². The second kappa shape index (κ2) is 6.37. The number of nitro groups is 1. The molecule has 0 fully saturated rings. The second-order valence-corrected chi connectivity index (χ2v) is 4.78. The number of carbonyl (C=O) groups is 1.